The van der Waals surface area contributed by atoms with Crippen LogP contribution >= 0.6 is 0 Å². The summed E-state index contributed by atoms with van der Waals surface area (Å²) in [7, 11) is 0. The first-order valence-electron chi connectivity index (χ1n) is 7.42. The number of carbonyl (C=O) groups excluding carboxylic acids is 1. The average Bonchev–Trinajstić information content (AvgIpc) is 3.13. The zero-order chi connectivity index (χ0) is 15.7. The molecule has 3 aromatic rings. The molecular formula is C17H19N3O2. The molecule has 3 rings (SSSR count). The Hall–Kier alpha value is -2.56. The number of ether oxygens (including phenoxy) is 1. The van der Waals surface area contributed by atoms with Crippen LogP contribution in [0.5, 0.6) is 0 Å². The van der Waals surface area contributed by atoms with Crippen LogP contribution in [0.2, 0.25) is 0 Å². The van der Waals surface area contributed by atoms with Gasteiger partial charge in [-0.2, -0.15) is 0 Å². The Kier molecular flexibility index (Phi) is 3.71. The first-order valence-corrected chi connectivity index (χ1v) is 7.42. The van der Waals surface area contributed by atoms with E-state index in [1.54, 1.807) is 19.4 Å². The fraction of sp³-hybridized carbons (Fsp3) is 0.294. The predicted octanol–water partition coefficient (Wildman–Crippen LogP) is 3.58. The van der Waals surface area contributed by atoms with Gasteiger partial charge in [0.2, 0.25) is 0 Å². The third kappa shape index (κ3) is 2.50. The zero-order valence-corrected chi connectivity index (χ0v) is 13.0. The zero-order valence-electron chi connectivity index (χ0n) is 13.0. The molecule has 0 aliphatic rings. The molecule has 114 valence electrons. The van der Waals surface area contributed by atoms with Crippen molar-refractivity contribution in [1.82, 2.24) is 14.1 Å². The smallest absolute Gasteiger partial charge is 0.358 e. The van der Waals surface area contributed by atoms with Gasteiger partial charge in [0.25, 0.3) is 0 Å². The quantitative estimate of drug-likeness (QED) is 0.691. The summed E-state index contributed by atoms with van der Waals surface area (Å²) in [6.07, 6.45) is 5.42. The van der Waals surface area contributed by atoms with E-state index < -0.39 is 5.97 Å². The lowest BCUT2D eigenvalue weighted by atomic mass is 10.2. The summed E-state index contributed by atoms with van der Waals surface area (Å²) in [6, 6.07) is 8.73. The number of hydrogen-bond acceptors (Lipinski definition) is 3. The molecule has 5 nitrogen and oxygen atoms in total. The number of rotatable bonds is 4. The van der Waals surface area contributed by atoms with Crippen LogP contribution in [0.1, 0.15) is 37.3 Å². The molecule has 2 aromatic heterocycles. The maximum atomic E-state index is 11.7. The Labute approximate surface area is 129 Å². The highest BCUT2D eigenvalue weighted by atomic mass is 16.5. The molecule has 0 saturated carbocycles. The minimum Gasteiger partial charge on any atom is -0.461 e. The van der Waals surface area contributed by atoms with E-state index in [0.717, 1.165) is 11.1 Å². The number of fused-ring (bicyclic) bond motifs is 1. The van der Waals surface area contributed by atoms with Crippen LogP contribution < -0.4 is 0 Å². The minimum atomic E-state index is -0.395. The number of aromatic nitrogens is 3. The summed E-state index contributed by atoms with van der Waals surface area (Å²) >= 11 is 0. The predicted molar refractivity (Wildman–Crippen MR) is 85.4 cm³/mol. The summed E-state index contributed by atoms with van der Waals surface area (Å²) in [5.74, 6) is -0.395. The largest absolute Gasteiger partial charge is 0.461 e. The molecule has 0 N–H and O–H groups in total. The summed E-state index contributed by atoms with van der Waals surface area (Å²) in [6.45, 7) is 6.45. The maximum Gasteiger partial charge on any atom is 0.358 e. The maximum absolute atomic E-state index is 11.7. The van der Waals surface area contributed by atoms with Crippen molar-refractivity contribution in [2.24, 2.45) is 0 Å². The molecule has 0 radical (unpaired) electrons. The second-order valence-electron chi connectivity index (χ2n) is 5.45. The van der Waals surface area contributed by atoms with Crippen LogP contribution in [0.3, 0.4) is 0 Å². The van der Waals surface area contributed by atoms with E-state index >= 15 is 0 Å². The Balaban J connectivity index is 1.95. The van der Waals surface area contributed by atoms with Gasteiger partial charge in [0.05, 0.1) is 6.61 Å². The second kappa shape index (κ2) is 5.67. The number of imidazole rings is 1. The van der Waals surface area contributed by atoms with Crippen LogP contribution in [0, 0.1) is 0 Å². The third-order valence-electron chi connectivity index (χ3n) is 3.63. The lowest BCUT2D eigenvalue weighted by Gasteiger charge is -2.09. The van der Waals surface area contributed by atoms with Gasteiger partial charge < -0.3 is 13.9 Å². The molecule has 0 atom stereocenters. The Morgan fingerprint density at radius 3 is 2.86 bits per heavy atom. The fourth-order valence-corrected chi connectivity index (χ4v) is 2.54. The third-order valence-corrected chi connectivity index (χ3v) is 3.63. The number of nitrogens with zero attached hydrogens (tertiary/aromatic N) is 3. The average molecular weight is 297 g/mol. The van der Waals surface area contributed by atoms with Crippen molar-refractivity contribution < 1.29 is 9.53 Å². The van der Waals surface area contributed by atoms with Crippen molar-refractivity contribution in [2.75, 3.05) is 6.61 Å². The molecule has 2 heterocycles. The Morgan fingerprint density at radius 2 is 2.14 bits per heavy atom. The summed E-state index contributed by atoms with van der Waals surface area (Å²) < 4.78 is 9.02. The van der Waals surface area contributed by atoms with Crippen molar-refractivity contribution in [1.29, 1.82) is 0 Å². The van der Waals surface area contributed by atoms with Crippen molar-refractivity contribution in [3.05, 3.63) is 48.7 Å². The molecule has 0 bridgehead atoms. The highest BCUT2D eigenvalue weighted by molar-refractivity contribution is 5.87. The second-order valence-corrected chi connectivity index (χ2v) is 5.45. The van der Waals surface area contributed by atoms with E-state index in [0.29, 0.717) is 18.3 Å². The highest BCUT2D eigenvalue weighted by Gasteiger charge is 2.11. The molecule has 0 unspecified atom stereocenters. The normalized spacial score (nSPS) is 11.3. The summed E-state index contributed by atoms with van der Waals surface area (Å²) in [5, 5.41) is 1.16. The van der Waals surface area contributed by atoms with E-state index in [4.69, 9.17) is 4.74 Å². The number of hydrogen-bond donors (Lipinski definition) is 0. The fourth-order valence-electron chi connectivity index (χ4n) is 2.54. The van der Waals surface area contributed by atoms with E-state index in [1.807, 2.05) is 10.6 Å². The summed E-state index contributed by atoms with van der Waals surface area (Å²) in [4.78, 5) is 15.8. The first kappa shape index (κ1) is 14.4. The number of esters is 1. The van der Waals surface area contributed by atoms with E-state index in [-0.39, 0.29) is 0 Å². The topological polar surface area (TPSA) is 49.0 Å². The molecule has 0 saturated heterocycles. The molecule has 0 fully saturated rings. The molecular weight excluding hydrogens is 278 g/mol. The highest BCUT2D eigenvalue weighted by Crippen LogP contribution is 2.23. The van der Waals surface area contributed by atoms with Gasteiger partial charge >= 0.3 is 5.97 Å². The van der Waals surface area contributed by atoms with Crippen molar-refractivity contribution in [3.63, 3.8) is 0 Å². The summed E-state index contributed by atoms with van der Waals surface area (Å²) in [5.41, 5.74) is 2.49. The SMILES string of the molecule is CCOC(=O)c1cn(-c2ccc3c(ccn3C(C)C)c2)cn1. The molecule has 0 aliphatic heterocycles. The minimum absolute atomic E-state index is 0.321. The van der Waals surface area contributed by atoms with Crippen LogP contribution in [0.25, 0.3) is 16.6 Å². The van der Waals surface area contributed by atoms with Gasteiger partial charge in [0, 0.05) is 35.0 Å². The Morgan fingerprint density at radius 1 is 1.32 bits per heavy atom. The van der Waals surface area contributed by atoms with Gasteiger partial charge in [-0.3, -0.25) is 0 Å². The van der Waals surface area contributed by atoms with Crippen LogP contribution in [0.4, 0.5) is 0 Å². The van der Waals surface area contributed by atoms with Gasteiger partial charge in [-0.1, -0.05) is 0 Å². The Bertz CT molecular complexity index is 814. The molecule has 0 spiro atoms. The van der Waals surface area contributed by atoms with E-state index in [1.165, 1.54) is 5.52 Å². The van der Waals surface area contributed by atoms with Gasteiger partial charge in [-0.05, 0) is 45.0 Å². The number of carbonyl (C=O) groups is 1. The van der Waals surface area contributed by atoms with Gasteiger partial charge in [-0.25, -0.2) is 9.78 Å². The monoisotopic (exact) mass is 297 g/mol. The van der Waals surface area contributed by atoms with Crippen molar-refractivity contribution >= 4 is 16.9 Å². The van der Waals surface area contributed by atoms with Gasteiger partial charge in [0.15, 0.2) is 5.69 Å². The molecule has 22 heavy (non-hydrogen) atoms. The van der Waals surface area contributed by atoms with Crippen molar-refractivity contribution in [2.45, 2.75) is 26.8 Å². The first-order chi connectivity index (χ1) is 10.6. The molecule has 1 aromatic carbocycles. The standard InChI is InChI=1S/C17H19N3O2/c1-4-22-17(21)15-10-19(11-18-15)14-5-6-16-13(9-14)7-8-20(16)12(2)3/h5-12H,4H2,1-3H3. The lowest BCUT2D eigenvalue weighted by molar-refractivity contribution is 0.0520. The van der Waals surface area contributed by atoms with Crippen LogP contribution in [0.15, 0.2) is 43.0 Å². The van der Waals surface area contributed by atoms with Crippen LogP contribution in [-0.4, -0.2) is 26.7 Å². The molecule has 0 aliphatic carbocycles. The molecule has 0 amide bonds. The molecule has 5 heteroatoms. The van der Waals surface area contributed by atoms with Crippen LogP contribution in [-0.2, 0) is 4.74 Å². The number of benzene rings is 1. The van der Waals surface area contributed by atoms with E-state index in [2.05, 4.69) is 47.8 Å². The van der Waals surface area contributed by atoms with Gasteiger partial charge in [0.1, 0.15) is 6.33 Å². The lowest BCUT2D eigenvalue weighted by Crippen LogP contribution is -2.04. The van der Waals surface area contributed by atoms with Gasteiger partial charge in [-0.15, -0.1) is 0 Å². The van der Waals surface area contributed by atoms with Crippen molar-refractivity contribution in [3.8, 4) is 5.69 Å². The van der Waals surface area contributed by atoms with E-state index in [9.17, 15) is 4.79 Å².